The Hall–Kier alpha value is -4.46. The zero-order chi connectivity index (χ0) is 42.8. The molecule has 0 aromatic heterocycles. The maximum Gasteiger partial charge on any atom is 0.243 e. The molecule has 3 rings (SSSR count). The Morgan fingerprint density at radius 2 is 1.69 bits per heavy atom. The highest BCUT2D eigenvalue weighted by molar-refractivity contribution is 7.98. The van der Waals surface area contributed by atoms with E-state index in [2.05, 4.69) is 28.8 Å². The normalized spacial score (nSPS) is 17.9. The molecule has 5 atom stereocenters. The number of amides is 4. The number of guanidine groups is 1. The number of thioether (sulfide) groups is 1. The molecule has 0 radical (unpaired) electrons. The molecule has 58 heavy (non-hydrogen) atoms. The van der Waals surface area contributed by atoms with Crippen LogP contribution in [0.4, 0.5) is 0 Å². The number of hydrogen-bond donors (Lipinski definition) is 5. The highest BCUT2D eigenvalue weighted by Crippen LogP contribution is 2.31. The van der Waals surface area contributed by atoms with Gasteiger partial charge in [0, 0.05) is 49.8 Å². The fourth-order valence-corrected chi connectivity index (χ4v) is 8.98. The summed E-state index contributed by atoms with van der Waals surface area (Å²) in [6, 6.07) is 5.40. The van der Waals surface area contributed by atoms with Crippen LogP contribution in [0.3, 0.4) is 0 Å². The van der Waals surface area contributed by atoms with Gasteiger partial charge in [-0.05, 0) is 67.4 Å². The first kappa shape index (κ1) is 47.9. The summed E-state index contributed by atoms with van der Waals surface area (Å²) in [5.41, 5.74) is 18.2. The molecular formula is C44H67N7O6S. The molecular weight excluding hydrogens is 755 g/mol. The van der Waals surface area contributed by atoms with Crippen LogP contribution in [0.15, 0.2) is 48.5 Å². The van der Waals surface area contributed by atoms with E-state index in [1.54, 1.807) is 17.1 Å². The minimum Gasteiger partial charge on any atom is -0.370 e. The van der Waals surface area contributed by atoms with E-state index in [-0.39, 0.29) is 73.2 Å². The number of carbonyl (C=O) groups excluding carboxylic acids is 6. The third-order valence-corrected chi connectivity index (χ3v) is 12.4. The third kappa shape index (κ3) is 15.4. The maximum atomic E-state index is 14.5. The number of likely N-dealkylation sites (tertiary alicyclic amines) is 1. The topological polar surface area (TPSA) is 220 Å². The van der Waals surface area contributed by atoms with Crippen molar-refractivity contribution in [1.82, 2.24) is 15.5 Å². The lowest BCUT2D eigenvalue weighted by molar-refractivity contribution is -0.140. The van der Waals surface area contributed by atoms with Gasteiger partial charge in [0.25, 0.3) is 0 Å². The first-order valence-corrected chi connectivity index (χ1v) is 21.9. The molecule has 320 valence electrons. The molecule has 0 spiro atoms. The Balaban J connectivity index is 1.91. The predicted molar refractivity (Wildman–Crippen MR) is 232 cm³/mol. The van der Waals surface area contributed by atoms with Crippen LogP contribution in [0.2, 0.25) is 0 Å². The number of nitrogens with one attached hydrogen (secondary N) is 2. The van der Waals surface area contributed by atoms with Crippen LogP contribution in [0.5, 0.6) is 0 Å². The number of ketones is 2. The molecule has 14 heteroatoms. The highest BCUT2D eigenvalue weighted by Gasteiger charge is 2.40. The summed E-state index contributed by atoms with van der Waals surface area (Å²) in [6.45, 7) is 13.8. The average molecular weight is 822 g/mol. The van der Waals surface area contributed by atoms with Gasteiger partial charge in [-0.1, -0.05) is 83.0 Å². The summed E-state index contributed by atoms with van der Waals surface area (Å²) < 4.78 is 0. The zero-order valence-corrected chi connectivity index (χ0v) is 35.7. The van der Waals surface area contributed by atoms with Gasteiger partial charge in [0.2, 0.25) is 23.6 Å². The molecule has 1 heterocycles. The number of benzene rings is 1. The SMILES string of the molecule is C=CCCC(=O)N1CCC[C@H]1C(=O)N[C@H](C(=O)C[C@@H](CSCc1cccc(C=C)c1)C(=O)N[C@@H](CCCN=C(N)N)C(=O)C[C@H](C(N)=O)C(C)(C)C)C1CCCCC1. The fraction of sp³-hybridized carbons (Fsp3) is 0.614. The van der Waals surface area contributed by atoms with Crippen molar-refractivity contribution in [3.8, 4) is 0 Å². The van der Waals surface area contributed by atoms with Crippen LogP contribution < -0.4 is 27.8 Å². The third-order valence-electron chi connectivity index (χ3n) is 11.2. The van der Waals surface area contributed by atoms with Crippen LogP contribution in [0.25, 0.3) is 6.08 Å². The molecule has 1 aliphatic heterocycles. The molecule has 1 saturated carbocycles. The largest absolute Gasteiger partial charge is 0.370 e. The lowest BCUT2D eigenvalue weighted by atomic mass is 9.76. The number of allylic oxidation sites excluding steroid dienone is 1. The van der Waals surface area contributed by atoms with Crippen LogP contribution >= 0.6 is 11.8 Å². The first-order valence-electron chi connectivity index (χ1n) is 20.8. The number of primary amides is 1. The molecule has 0 unspecified atom stereocenters. The predicted octanol–water partition coefficient (Wildman–Crippen LogP) is 4.81. The lowest BCUT2D eigenvalue weighted by Gasteiger charge is -2.33. The van der Waals surface area contributed by atoms with Crippen molar-refractivity contribution in [2.45, 2.75) is 128 Å². The monoisotopic (exact) mass is 821 g/mol. The minimum absolute atomic E-state index is 0.0952. The highest BCUT2D eigenvalue weighted by atomic mass is 32.2. The average Bonchev–Trinajstić information content (AvgIpc) is 3.69. The molecule has 2 fully saturated rings. The Morgan fingerprint density at radius 1 is 0.966 bits per heavy atom. The molecule has 4 amide bonds. The van der Waals surface area contributed by atoms with Crippen molar-refractivity contribution in [1.29, 1.82) is 0 Å². The molecule has 1 saturated heterocycles. The van der Waals surface area contributed by atoms with Gasteiger partial charge < -0.3 is 32.7 Å². The smallest absolute Gasteiger partial charge is 0.243 e. The van der Waals surface area contributed by atoms with Gasteiger partial charge >= 0.3 is 0 Å². The number of aliphatic imine (C=N–C) groups is 1. The Morgan fingerprint density at radius 3 is 2.33 bits per heavy atom. The molecule has 8 N–H and O–H groups in total. The Kier molecular flexibility index (Phi) is 19.7. The fourth-order valence-electron chi connectivity index (χ4n) is 7.89. The number of hydrogen-bond acceptors (Lipinski definition) is 8. The van der Waals surface area contributed by atoms with Crippen LogP contribution in [-0.4, -0.2) is 83.0 Å². The Bertz CT molecular complexity index is 1630. The van der Waals surface area contributed by atoms with E-state index in [9.17, 15) is 28.8 Å². The molecule has 1 aromatic carbocycles. The van der Waals surface area contributed by atoms with Crippen LogP contribution in [0.1, 0.15) is 115 Å². The summed E-state index contributed by atoms with van der Waals surface area (Å²) in [4.78, 5) is 87.8. The summed E-state index contributed by atoms with van der Waals surface area (Å²) in [7, 11) is 0. The second kappa shape index (κ2) is 23.8. The number of nitrogens with zero attached hydrogens (tertiary/aromatic N) is 2. The number of nitrogens with two attached hydrogens (primary N) is 3. The van der Waals surface area contributed by atoms with E-state index >= 15 is 0 Å². The van der Waals surface area contributed by atoms with E-state index in [4.69, 9.17) is 17.2 Å². The van der Waals surface area contributed by atoms with Gasteiger partial charge in [-0.25, -0.2) is 0 Å². The van der Waals surface area contributed by atoms with Gasteiger partial charge in [0.15, 0.2) is 17.5 Å². The second-order valence-electron chi connectivity index (χ2n) is 16.8. The number of rotatable bonds is 24. The number of Topliss-reactive ketones (excluding diaryl/α,β-unsaturated/α-hetero) is 2. The lowest BCUT2D eigenvalue weighted by Crippen LogP contribution is -2.54. The van der Waals surface area contributed by atoms with E-state index in [1.807, 2.05) is 45.0 Å². The Labute approximate surface area is 349 Å². The molecule has 0 bridgehead atoms. The van der Waals surface area contributed by atoms with Crippen molar-refractivity contribution in [2.75, 3.05) is 18.8 Å². The molecule has 2 aliphatic rings. The maximum absolute atomic E-state index is 14.5. The van der Waals surface area contributed by atoms with Gasteiger partial charge in [0.05, 0.1) is 18.0 Å². The molecule has 13 nitrogen and oxygen atoms in total. The van der Waals surface area contributed by atoms with Crippen LogP contribution in [0, 0.1) is 23.2 Å². The van der Waals surface area contributed by atoms with Crippen molar-refractivity contribution in [3.05, 3.63) is 54.6 Å². The van der Waals surface area contributed by atoms with Crippen LogP contribution in [-0.2, 0) is 34.5 Å². The number of carbonyl (C=O) groups is 6. The summed E-state index contributed by atoms with van der Waals surface area (Å²) in [5, 5.41) is 6.02. The molecule has 1 aliphatic carbocycles. The van der Waals surface area contributed by atoms with Gasteiger partial charge in [-0.2, -0.15) is 11.8 Å². The van der Waals surface area contributed by atoms with Crippen molar-refractivity contribution in [2.24, 2.45) is 45.4 Å². The zero-order valence-electron chi connectivity index (χ0n) is 34.8. The first-order chi connectivity index (χ1) is 27.5. The van der Waals surface area contributed by atoms with Crippen molar-refractivity contribution < 1.29 is 28.8 Å². The van der Waals surface area contributed by atoms with E-state index in [0.717, 1.165) is 43.2 Å². The quantitative estimate of drug-likeness (QED) is 0.0418. The van der Waals surface area contributed by atoms with Gasteiger partial charge in [0.1, 0.15) is 6.04 Å². The molecule has 1 aromatic rings. The van der Waals surface area contributed by atoms with Gasteiger partial charge in [-0.15, -0.1) is 6.58 Å². The summed E-state index contributed by atoms with van der Waals surface area (Å²) in [6.07, 6.45) is 10.1. The van der Waals surface area contributed by atoms with Crippen molar-refractivity contribution >= 4 is 59.0 Å². The minimum atomic E-state index is -0.987. The summed E-state index contributed by atoms with van der Waals surface area (Å²) in [5.74, 6) is -3.16. The van der Waals surface area contributed by atoms with E-state index in [0.29, 0.717) is 38.0 Å². The van der Waals surface area contributed by atoms with Crippen molar-refractivity contribution in [3.63, 3.8) is 0 Å². The standard InChI is InChI=1S/C44H67N7O6S/c1-6-8-21-38(54)51-23-14-20-35(51)42(57)50-39(31-17-10-9-11-18-31)37(53)25-32(28-58-27-30-16-12-15-29(7-2)24-30)41(56)49-34(19-13-22-48-43(46)47)36(52)26-33(40(45)55)44(3,4)5/h6-7,12,15-16,24,31-35,39H,1-2,8-11,13-14,17-23,25-28H2,3-5H3,(H2,45,55)(H,49,56)(H,50,57)(H4,46,47,48)/t32-,33+,34-,35-,39-/m0/s1. The second-order valence-corrected chi connectivity index (χ2v) is 17.8. The van der Waals surface area contributed by atoms with Gasteiger partial charge in [-0.3, -0.25) is 33.8 Å². The van der Waals surface area contributed by atoms with E-state index in [1.165, 1.54) is 11.8 Å². The van der Waals surface area contributed by atoms with E-state index < -0.39 is 47.2 Å². The summed E-state index contributed by atoms with van der Waals surface area (Å²) >= 11 is 1.50.